The van der Waals surface area contributed by atoms with Crippen LogP contribution in [-0.2, 0) is 9.53 Å². The van der Waals surface area contributed by atoms with Crippen molar-refractivity contribution in [2.45, 2.75) is 37.8 Å². The van der Waals surface area contributed by atoms with Crippen molar-refractivity contribution in [1.82, 2.24) is 5.32 Å². The van der Waals surface area contributed by atoms with Crippen LogP contribution in [0, 0.1) is 0 Å². The minimum absolute atomic E-state index is 0.470. The van der Waals surface area contributed by atoms with Gasteiger partial charge in [0.25, 0.3) is 0 Å². The zero-order valence-corrected chi connectivity index (χ0v) is 8.52. The van der Waals surface area contributed by atoms with Crippen LogP contribution in [0.3, 0.4) is 0 Å². The number of aliphatic hydroxyl groups excluding tert-OH is 1. The lowest BCUT2D eigenvalue weighted by molar-refractivity contribution is -0.140. The van der Waals surface area contributed by atoms with E-state index in [1.165, 1.54) is 0 Å². The van der Waals surface area contributed by atoms with Crippen molar-refractivity contribution in [1.29, 1.82) is 0 Å². The van der Waals surface area contributed by atoms with Gasteiger partial charge in [-0.25, -0.2) is 9.59 Å². The Morgan fingerprint density at radius 2 is 2.13 bits per heavy atom. The molecule has 0 unspecified atom stereocenters. The quantitative estimate of drug-likeness (QED) is 0.620. The maximum absolute atomic E-state index is 11.2. The lowest BCUT2D eigenvalue weighted by atomic mass is 9.82. The van der Waals surface area contributed by atoms with Gasteiger partial charge >= 0.3 is 12.1 Å². The fourth-order valence-electron chi connectivity index (χ4n) is 1.36. The van der Waals surface area contributed by atoms with E-state index in [1.807, 2.05) is 0 Å². The lowest BCUT2D eigenvalue weighted by Crippen LogP contribution is -2.48. The number of carbonyl (C=O) groups excluding carboxylic acids is 1. The number of nitrogens with one attached hydrogen (secondary N) is 1. The van der Waals surface area contributed by atoms with Crippen LogP contribution in [0.25, 0.3) is 0 Å². The van der Waals surface area contributed by atoms with E-state index >= 15 is 0 Å². The van der Waals surface area contributed by atoms with Gasteiger partial charge in [-0.3, -0.25) is 0 Å². The van der Waals surface area contributed by atoms with Crippen LogP contribution in [0.4, 0.5) is 4.79 Å². The van der Waals surface area contributed by atoms with E-state index in [9.17, 15) is 9.59 Å². The van der Waals surface area contributed by atoms with E-state index in [-0.39, 0.29) is 0 Å². The number of aliphatic hydroxyl groups is 1. The molecule has 6 nitrogen and oxygen atoms in total. The third-order valence-corrected chi connectivity index (χ3v) is 2.52. The number of amides is 1. The third-order valence-electron chi connectivity index (χ3n) is 2.52. The highest BCUT2D eigenvalue weighted by Crippen LogP contribution is 2.34. The molecule has 3 N–H and O–H groups in total. The number of aliphatic carboxylic acids is 1. The van der Waals surface area contributed by atoms with Gasteiger partial charge in [0.05, 0.1) is 6.61 Å². The molecule has 1 fully saturated rings. The number of carboxylic acid groups (broad SMARTS) is 1. The van der Waals surface area contributed by atoms with Crippen molar-refractivity contribution in [3.05, 3.63) is 0 Å². The molecule has 1 aliphatic carbocycles. The SMILES string of the molecule is CC1(OC(=O)N[C@@H](CO)C(=O)O)CCC1. The maximum Gasteiger partial charge on any atom is 0.408 e. The summed E-state index contributed by atoms with van der Waals surface area (Å²) in [5, 5.41) is 19.3. The van der Waals surface area contributed by atoms with Gasteiger partial charge in [-0.15, -0.1) is 0 Å². The molecule has 0 bridgehead atoms. The molecule has 0 aromatic rings. The van der Waals surface area contributed by atoms with E-state index in [0.717, 1.165) is 19.3 Å². The number of hydrogen-bond donors (Lipinski definition) is 3. The maximum atomic E-state index is 11.2. The molecule has 0 radical (unpaired) electrons. The second-order valence-corrected chi connectivity index (χ2v) is 3.91. The third kappa shape index (κ3) is 3.09. The minimum atomic E-state index is -1.30. The average molecular weight is 217 g/mol. The first-order chi connectivity index (χ1) is 6.97. The molecule has 0 saturated heterocycles. The second-order valence-electron chi connectivity index (χ2n) is 3.91. The fourth-order valence-corrected chi connectivity index (χ4v) is 1.36. The standard InChI is InChI=1S/C9H15NO5/c1-9(3-2-4-9)15-8(14)10-6(5-11)7(12)13/h6,11H,2-5H2,1H3,(H,10,14)(H,12,13)/t6-/m0/s1. The first-order valence-electron chi connectivity index (χ1n) is 4.80. The van der Waals surface area contributed by atoms with Crippen molar-refractivity contribution < 1.29 is 24.5 Å². The average Bonchev–Trinajstić information content (AvgIpc) is 2.11. The Hall–Kier alpha value is -1.30. The van der Waals surface area contributed by atoms with Crippen LogP contribution >= 0.6 is 0 Å². The van der Waals surface area contributed by atoms with Gasteiger partial charge < -0.3 is 20.3 Å². The predicted octanol–water partition coefficient (Wildman–Crippen LogP) is 0.101. The van der Waals surface area contributed by atoms with Gasteiger partial charge in [0, 0.05) is 0 Å². The van der Waals surface area contributed by atoms with E-state index in [1.54, 1.807) is 6.92 Å². The summed E-state index contributed by atoms with van der Waals surface area (Å²) >= 11 is 0. The number of rotatable bonds is 4. The lowest BCUT2D eigenvalue weighted by Gasteiger charge is -2.37. The molecule has 0 aromatic carbocycles. The molecule has 1 aliphatic rings. The van der Waals surface area contributed by atoms with Crippen molar-refractivity contribution >= 4 is 12.1 Å². The Balaban J connectivity index is 2.37. The Bertz CT molecular complexity index is 261. The summed E-state index contributed by atoms with van der Waals surface area (Å²) in [7, 11) is 0. The molecular weight excluding hydrogens is 202 g/mol. The minimum Gasteiger partial charge on any atom is -0.480 e. The highest BCUT2D eigenvalue weighted by Gasteiger charge is 2.36. The van der Waals surface area contributed by atoms with Crippen LogP contribution in [0.1, 0.15) is 26.2 Å². The molecule has 0 spiro atoms. The number of alkyl carbamates (subject to hydrolysis) is 1. The summed E-state index contributed by atoms with van der Waals surface area (Å²) < 4.78 is 5.03. The summed E-state index contributed by atoms with van der Waals surface area (Å²) in [4.78, 5) is 21.7. The second kappa shape index (κ2) is 4.48. The fraction of sp³-hybridized carbons (Fsp3) is 0.778. The monoisotopic (exact) mass is 217 g/mol. The molecule has 0 aromatic heterocycles. The van der Waals surface area contributed by atoms with E-state index in [2.05, 4.69) is 5.32 Å². The van der Waals surface area contributed by atoms with E-state index in [4.69, 9.17) is 14.9 Å². The van der Waals surface area contributed by atoms with Crippen molar-refractivity contribution in [2.75, 3.05) is 6.61 Å². The summed E-state index contributed by atoms with van der Waals surface area (Å²) in [6.45, 7) is 1.14. The van der Waals surface area contributed by atoms with Crippen molar-refractivity contribution in [2.24, 2.45) is 0 Å². The predicted molar refractivity (Wildman–Crippen MR) is 50.4 cm³/mol. The van der Waals surface area contributed by atoms with E-state index in [0.29, 0.717) is 0 Å². The van der Waals surface area contributed by atoms with Gasteiger partial charge in [-0.05, 0) is 26.2 Å². The van der Waals surface area contributed by atoms with Gasteiger partial charge in [-0.1, -0.05) is 0 Å². The first kappa shape index (κ1) is 11.8. The zero-order valence-electron chi connectivity index (χ0n) is 8.52. The van der Waals surface area contributed by atoms with Crippen LogP contribution in [0.2, 0.25) is 0 Å². The van der Waals surface area contributed by atoms with Crippen LogP contribution in [0.15, 0.2) is 0 Å². The van der Waals surface area contributed by atoms with Gasteiger partial charge in [0.15, 0.2) is 6.04 Å². The molecule has 1 atom stereocenters. The summed E-state index contributed by atoms with van der Waals surface area (Å²) in [6, 6.07) is -1.30. The topological polar surface area (TPSA) is 95.9 Å². The normalized spacial score (nSPS) is 19.9. The zero-order chi connectivity index (χ0) is 11.5. The molecule has 15 heavy (non-hydrogen) atoms. The van der Waals surface area contributed by atoms with Crippen molar-refractivity contribution in [3.63, 3.8) is 0 Å². The number of ether oxygens (including phenoxy) is 1. The molecule has 86 valence electrons. The Labute approximate surface area is 87.2 Å². The van der Waals surface area contributed by atoms with Gasteiger partial charge in [-0.2, -0.15) is 0 Å². The first-order valence-corrected chi connectivity index (χ1v) is 4.80. The Morgan fingerprint density at radius 3 is 2.47 bits per heavy atom. The summed E-state index contributed by atoms with van der Waals surface area (Å²) in [5.74, 6) is -1.28. The highest BCUT2D eigenvalue weighted by atomic mass is 16.6. The Morgan fingerprint density at radius 1 is 1.53 bits per heavy atom. The smallest absolute Gasteiger partial charge is 0.408 e. The highest BCUT2D eigenvalue weighted by molar-refractivity contribution is 5.80. The van der Waals surface area contributed by atoms with Gasteiger partial charge in [0.1, 0.15) is 5.60 Å². The summed E-state index contributed by atoms with van der Waals surface area (Å²) in [5.41, 5.74) is -0.470. The molecule has 1 rings (SSSR count). The van der Waals surface area contributed by atoms with Crippen LogP contribution in [-0.4, -0.2) is 40.5 Å². The molecule has 0 heterocycles. The number of carboxylic acids is 1. The molecule has 0 aliphatic heterocycles. The number of carbonyl (C=O) groups is 2. The number of hydrogen-bond acceptors (Lipinski definition) is 4. The molecule has 6 heteroatoms. The Kier molecular flexibility index (Phi) is 3.52. The van der Waals surface area contributed by atoms with Crippen LogP contribution < -0.4 is 5.32 Å². The summed E-state index contributed by atoms with van der Waals surface area (Å²) in [6.07, 6.45) is 1.79. The van der Waals surface area contributed by atoms with E-state index < -0.39 is 30.3 Å². The molecule has 1 amide bonds. The van der Waals surface area contributed by atoms with Gasteiger partial charge in [0.2, 0.25) is 0 Å². The van der Waals surface area contributed by atoms with Crippen molar-refractivity contribution in [3.8, 4) is 0 Å². The van der Waals surface area contributed by atoms with Crippen LogP contribution in [0.5, 0.6) is 0 Å². The molecular formula is C9H15NO5. The molecule has 1 saturated carbocycles. The largest absolute Gasteiger partial charge is 0.480 e.